The molecule has 1 heterocycles. The fraction of sp³-hybridized carbons (Fsp3) is 0.250. The van der Waals surface area contributed by atoms with E-state index in [4.69, 9.17) is 11.6 Å². The SMILES string of the molecule is CN1CNc2cc(Cl)ccc21. The number of fused-ring (bicyclic) bond motifs is 1. The van der Waals surface area contributed by atoms with Crippen molar-refractivity contribution < 1.29 is 0 Å². The van der Waals surface area contributed by atoms with E-state index in [9.17, 15) is 0 Å². The van der Waals surface area contributed by atoms with Gasteiger partial charge in [0.2, 0.25) is 0 Å². The predicted molar refractivity (Wildman–Crippen MR) is 48.3 cm³/mol. The highest BCUT2D eigenvalue weighted by atomic mass is 35.5. The molecule has 0 fully saturated rings. The number of hydrogen-bond acceptors (Lipinski definition) is 2. The van der Waals surface area contributed by atoms with Crippen molar-refractivity contribution in [3.05, 3.63) is 23.2 Å². The van der Waals surface area contributed by atoms with Crippen LogP contribution in [0.1, 0.15) is 0 Å². The lowest BCUT2D eigenvalue weighted by molar-refractivity contribution is 1.03. The van der Waals surface area contributed by atoms with Gasteiger partial charge in [-0.3, -0.25) is 0 Å². The van der Waals surface area contributed by atoms with Crippen LogP contribution in [0.15, 0.2) is 18.2 Å². The zero-order valence-corrected chi connectivity index (χ0v) is 7.02. The van der Waals surface area contributed by atoms with Gasteiger partial charge in [0.05, 0.1) is 18.0 Å². The predicted octanol–water partition coefficient (Wildman–Crippen LogP) is 2.16. The van der Waals surface area contributed by atoms with E-state index in [0.29, 0.717) is 0 Å². The molecule has 0 atom stereocenters. The van der Waals surface area contributed by atoms with Gasteiger partial charge in [-0.15, -0.1) is 0 Å². The second-order valence-electron chi connectivity index (χ2n) is 2.69. The minimum atomic E-state index is 0.784. The molecule has 0 unspecified atom stereocenters. The monoisotopic (exact) mass is 168 g/mol. The molecule has 1 aromatic carbocycles. The maximum atomic E-state index is 5.81. The molecule has 0 saturated heterocycles. The minimum Gasteiger partial charge on any atom is -0.366 e. The van der Waals surface area contributed by atoms with Crippen LogP contribution in [0, 0.1) is 0 Å². The van der Waals surface area contributed by atoms with E-state index in [0.717, 1.165) is 17.4 Å². The summed E-state index contributed by atoms with van der Waals surface area (Å²) in [5.74, 6) is 0. The van der Waals surface area contributed by atoms with Gasteiger partial charge in [-0.05, 0) is 18.2 Å². The van der Waals surface area contributed by atoms with Gasteiger partial charge in [0.1, 0.15) is 0 Å². The Bertz CT molecular complexity index is 285. The lowest BCUT2D eigenvalue weighted by atomic mass is 10.3. The van der Waals surface area contributed by atoms with E-state index in [1.54, 1.807) is 0 Å². The second kappa shape index (κ2) is 2.31. The summed E-state index contributed by atoms with van der Waals surface area (Å²) in [5, 5.41) is 4.02. The molecule has 11 heavy (non-hydrogen) atoms. The summed E-state index contributed by atoms with van der Waals surface area (Å²) in [6.45, 7) is 0.871. The second-order valence-corrected chi connectivity index (χ2v) is 3.13. The van der Waals surface area contributed by atoms with Crippen molar-refractivity contribution in [1.29, 1.82) is 0 Å². The number of anilines is 2. The molecular formula is C8H9ClN2. The summed E-state index contributed by atoms with van der Waals surface area (Å²) < 4.78 is 0. The van der Waals surface area contributed by atoms with Crippen molar-refractivity contribution in [2.45, 2.75) is 0 Å². The third-order valence-electron chi connectivity index (χ3n) is 1.88. The molecule has 58 valence electrons. The molecule has 0 radical (unpaired) electrons. The molecule has 0 aromatic heterocycles. The highest BCUT2D eigenvalue weighted by Crippen LogP contribution is 2.31. The smallest absolute Gasteiger partial charge is 0.0874 e. The summed E-state index contributed by atoms with van der Waals surface area (Å²) >= 11 is 5.81. The van der Waals surface area contributed by atoms with Gasteiger partial charge >= 0.3 is 0 Å². The van der Waals surface area contributed by atoms with E-state index in [2.05, 4.69) is 10.2 Å². The van der Waals surface area contributed by atoms with Crippen LogP contribution in [-0.4, -0.2) is 13.7 Å². The van der Waals surface area contributed by atoms with E-state index in [1.165, 1.54) is 5.69 Å². The van der Waals surface area contributed by atoms with Gasteiger partial charge < -0.3 is 10.2 Å². The minimum absolute atomic E-state index is 0.784. The summed E-state index contributed by atoms with van der Waals surface area (Å²) in [4.78, 5) is 2.14. The average Bonchev–Trinajstić information content (AvgIpc) is 2.32. The normalized spacial score (nSPS) is 14.5. The molecule has 2 rings (SSSR count). The number of nitrogens with one attached hydrogen (secondary N) is 1. The van der Waals surface area contributed by atoms with Gasteiger partial charge in [-0.25, -0.2) is 0 Å². The van der Waals surface area contributed by atoms with Crippen LogP contribution in [0.4, 0.5) is 11.4 Å². The molecule has 3 heteroatoms. The molecule has 1 aliphatic heterocycles. The fourth-order valence-corrected chi connectivity index (χ4v) is 1.44. The van der Waals surface area contributed by atoms with E-state index in [-0.39, 0.29) is 0 Å². The molecule has 0 saturated carbocycles. The molecule has 1 aromatic rings. The Hall–Kier alpha value is -0.890. The third kappa shape index (κ3) is 1.03. The first-order valence-electron chi connectivity index (χ1n) is 3.52. The lowest BCUT2D eigenvalue weighted by Gasteiger charge is -2.08. The Kier molecular flexibility index (Phi) is 1.43. The molecule has 0 aliphatic carbocycles. The van der Waals surface area contributed by atoms with Crippen molar-refractivity contribution in [2.75, 3.05) is 23.9 Å². The van der Waals surface area contributed by atoms with Crippen molar-refractivity contribution in [2.24, 2.45) is 0 Å². The van der Waals surface area contributed by atoms with Crippen molar-refractivity contribution in [1.82, 2.24) is 0 Å². The molecular weight excluding hydrogens is 160 g/mol. The van der Waals surface area contributed by atoms with Gasteiger partial charge in [-0.1, -0.05) is 11.6 Å². The zero-order valence-electron chi connectivity index (χ0n) is 6.26. The van der Waals surface area contributed by atoms with Crippen molar-refractivity contribution in [3.63, 3.8) is 0 Å². The molecule has 1 aliphatic rings. The topological polar surface area (TPSA) is 15.3 Å². The Labute approximate surface area is 70.8 Å². The maximum absolute atomic E-state index is 5.81. The van der Waals surface area contributed by atoms with E-state index >= 15 is 0 Å². The summed E-state index contributed by atoms with van der Waals surface area (Å²) in [5.41, 5.74) is 2.34. The highest BCUT2D eigenvalue weighted by molar-refractivity contribution is 6.31. The van der Waals surface area contributed by atoms with Gasteiger partial charge in [-0.2, -0.15) is 0 Å². The fourth-order valence-electron chi connectivity index (χ4n) is 1.27. The van der Waals surface area contributed by atoms with Crippen LogP contribution in [0.5, 0.6) is 0 Å². The summed E-state index contributed by atoms with van der Waals surface area (Å²) in [6.07, 6.45) is 0. The summed E-state index contributed by atoms with van der Waals surface area (Å²) in [7, 11) is 2.05. The number of rotatable bonds is 0. The molecule has 2 nitrogen and oxygen atoms in total. The van der Waals surface area contributed by atoms with Gasteiger partial charge in [0.15, 0.2) is 0 Å². The molecule has 1 N–H and O–H groups in total. The first kappa shape index (κ1) is 6.80. The van der Waals surface area contributed by atoms with Crippen LogP contribution in [0.25, 0.3) is 0 Å². The van der Waals surface area contributed by atoms with Crippen LogP contribution in [0.3, 0.4) is 0 Å². The van der Waals surface area contributed by atoms with E-state index < -0.39 is 0 Å². The Morgan fingerprint density at radius 1 is 1.55 bits per heavy atom. The molecule has 0 amide bonds. The van der Waals surface area contributed by atoms with Crippen LogP contribution >= 0.6 is 11.6 Å². The van der Waals surface area contributed by atoms with Crippen LogP contribution < -0.4 is 10.2 Å². The number of nitrogens with zero attached hydrogens (tertiary/aromatic N) is 1. The third-order valence-corrected chi connectivity index (χ3v) is 2.11. The van der Waals surface area contributed by atoms with Crippen molar-refractivity contribution in [3.8, 4) is 0 Å². The Morgan fingerprint density at radius 3 is 3.18 bits per heavy atom. The van der Waals surface area contributed by atoms with E-state index in [1.807, 2.05) is 25.2 Å². The van der Waals surface area contributed by atoms with Gasteiger partial charge in [0, 0.05) is 12.1 Å². The Morgan fingerprint density at radius 2 is 2.36 bits per heavy atom. The number of halogens is 1. The zero-order chi connectivity index (χ0) is 7.84. The Balaban J connectivity index is 2.50. The molecule has 0 bridgehead atoms. The van der Waals surface area contributed by atoms with Crippen molar-refractivity contribution >= 4 is 23.0 Å². The number of hydrogen-bond donors (Lipinski definition) is 1. The largest absolute Gasteiger partial charge is 0.366 e. The maximum Gasteiger partial charge on any atom is 0.0874 e. The first-order chi connectivity index (χ1) is 5.27. The van der Waals surface area contributed by atoms with Gasteiger partial charge in [0.25, 0.3) is 0 Å². The highest BCUT2D eigenvalue weighted by Gasteiger charge is 2.13. The standard InChI is InChI=1S/C8H9ClN2/c1-11-5-10-7-4-6(9)2-3-8(7)11/h2-4,10H,5H2,1H3. The summed E-state index contributed by atoms with van der Waals surface area (Å²) in [6, 6.07) is 5.88. The van der Waals surface area contributed by atoms with Crippen LogP contribution in [0.2, 0.25) is 5.02 Å². The quantitative estimate of drug-likeness (QED) is 0.639. The molecule has 0 spiro atoms. The van der Waals surface area contributed by atoms with Crippen LogP contribution in [-0.2, 0) is 0 Å². The lowest BCUT2D eigenvalue weighted by Crippen LogP contribution is -2.15. The number of benzene rings is 1. The first-order valence-corrected chi connectivity index (χ1v) is 3.90. The average molecular weight is 169 g/mol.